The number of nitrogens with two attached hydrogens (primary N) is 1. The first-order valence-corrected chi connectivity index (χ1v) is 5.92. The zero-order chi connectivity index (χ0) is 13.9. The normalized spacial score (nSPS) is 10.7. The fourth-order valence-corrected chi connectivity index (χ4v) is 1.70. The van der Waals surface area contributed by atoms with Crippen LogP contribution in [0.3, 0.4) is 0 Å². The van der Waals surface area contributed by atoms with Crippen LogP contribution in [0.1, 0.15) is 5.56 Å². The number of aromatic nitrogens is 7. The van der Waals surface area contributed by atoms with Crippen molar-refractivity contribution in [2.75, 3.05) is 11.1 Å². The first kappa shape index (κ1) is 12.1. The summed E-state index contributed by atoms with van der Waals surface area (Å²) in [5, 5.41) is 7.18. The fourth-order valence-electron chi connectivity index (χ4n) is 1.70. The molecule has 0 atom stereocenters. The van der Waals surface area contributed by atoms with Gasteiger partial charge in [0.1, 0.15) is 6.33 Å². The van der Waals surface area contributed by atoms with Gasteiger partial charge in [0.25, 0.3) is 0 Å². The molecule has 0 saturated heterocycles. The maximum atomic E-state index is 5.69. The molecule has 20 heavy (non-hydrogen) atoms. The van der Waals surface area contributed by atoms with Crippen molar-refractivity contribution in [2.45, 2.75) is 6.54 Å². The molecule has 9 heteroatoms. The summed E-state index contributed by atoms with van der Waals surface area (Å²) in [5.74, 6) is 0.978. The topological polar surface area (TPSA) is 112 Å². The molecule has 0 spiro atoms. The van der Waals surface area contributed by atoms with Gasteiger partial charge in [0.2, 0.25) is 17.8 Å². The third kappa shape index (κ3) is 2.55. The molecule has 0 aliphatic heterocycles. The number of aryl methyl sites for hydroxylation is 1. The molecule has 0 aliphatic carbocycles. The lowest BCUT2D eigenvalue weighted by molar-refractivity contribution is 0.767. The van der Waals surface area contributed by atoms with Crippen LogP contribution in [0.5, 0.6) is 0 Å². The van der Waals surface area contributed by atoms with Gasteiger partial charge in [-0.25, -0.2) is 4.98 Å². The average molecular weight is 271 g/mol. The molecule has 0 bridgehead atoms. The number of nitrogen functional groups attached to an aromatic ring is 1. The largest absolute Gasteiger partial charge is 0.368 e. The lowest BCUT2D eigenvalue weighted by atomic mass is 10.4. The Balaban J connectivity index is 1.79. The molecule has 3 aromatic heterocycles. The summed E-state index contributed by atoms with van der Waals surface area (Å²) in [6.07, 6.45) is 8.66. The highest BCUT2D eigenvalue weighted by Gasteiger charge is 2.06. The van der Waals surface area contributed by atoms with E-state index in [0.29, 0.717) is 18.4 Å². The number of hydrogen-bond donors (Lipinski definition) is 2. The first-order chi connectivity index (χ1) is 9.70. The minimum Gasteiger partial charge on any atom is -0.368 e. The molecular formula is C11H13N9. The van der Waals surface area contributed by atoms with Crippen LogP contribution >= 0.6 is 0 Å². The third-order valence-electron chi connectivity index (χ3n) is 2.59. The highest BCUT2D eigenvalue weighted by Crippen LogP contribution is 2.08. The predicted octanol–water partition coefficient (Wildman–Crippen LogP) is -0.0149. The van der Waals surface area contributed by atoms with E-state index in [2.05, 4.69) is 30.4 Å². The zero-order valence-corrected chi connectivity index (χ0v) is 10.8. The molecule has 0 aromatic carbocycles. The maximum Gasteiger partial charge on any atom is 0.241 e. The van der Waals surface area contributed by atoms with Crippen molar-refractivity contribution in [3.05, 3.63) is 36.7 Å². The van der Waals surface area contributed by atoms with E-state index in [0.717, 1.165) is 5.56 Å². The minimum absolute atomic E-state index is 0.150. The Morgan fingerprint density at radius 1 is 1.30 bits per heavy atom. The van der Waals surface area contributed by atoms with Crippen molar-refractivity contribution >= 4 is 11.9 Å². The fraction of sp³-hybridized carbons (Fsp3) is 0.182. The Morgan fingerprint density at radius 3 is 2.90 bits per heavy atom. The second-order valence-electron chi connectivity index (χ2n) is 4.16. The van der Waals surface area contributed by atoms with E-state index in [1.807, 2.05) is 13.2 Å². The van der Waals surface area contributed by atoms with Crippen molar-refractivity contribution in [1.29, 1.82) is 0 Å². The molecule has 0 unspecified atom stereocenters. The van der Waals surface area contributed by atoms with Crippen molar-refractivity contribution in [3.8, 4) is 5.95 Å². The molecule has 0 amide bonds. The highest BCUT2D eigenvalue weighted by atomic mass is 15.3. The summed E-state index contributed by atoms with van der Waals surface area (Å²) in [4.78, 5) is 16.3. The first-order valence-electron chi connectivity index (χ1n) is 5.92. The number of rotatable bonds is 4. The van der Waals surface area contributed by atoms with E-state index in [1.54, 1.807) is 34.2 Å². The van der Waals surface area contributed by atoms with Crippen LogP contribution in [0.15, 0.2) is 31.1 Å². The molecule has 3 rings (SSSR count). The van der Waals surface area contributed by atoms with Gasteiger partial charge in [0.05, 0.1) is 6.20 Å². The van der Waals surface area contributed by atoms with Crippen LogP contribution in [0, 0.1) is 0 Å². The Morgan fingerprint density at radius 2 is 2.20 bits per heavy atom. The third-order valence-corrected chi connectivity index (χ3v) is 2.59. The summed E-state index contributed by atoms with van der Waals surface area (Å²) in [6.45, 7) is 0.556. The SMILES string of the molecule is Cn1cc(CNc2nc(N)nc(-n3ccnc3)n2)cn1. The Kier molecular flexibility index (Phi) is 2.99. The van der Waals surface area contributed by atoms with Gasteiger partial charge in [-0.1, -0.05) is 0 Å². The van der Waals surface area contributed by atoms with Gasteiger partial charge in [0.15, 0.2) is 0 Å². The molecule has 0 fully saturated rings. The monoisotopic (exact) mass is 271 g/mol. The smallest absolute Gasteiger partial charge is 0.241 e. The minimum atomic E-state index is 0.150. The van der Waals surface area contributed by atoms with Gasteiger partial charge in [0, 0.05) is 37.7 Å². The van der Waals surface area contributed by atoms with Gasteiger partial charge < -0.3 is 11.1 Å². The van der Waals surface area contributed by atoms with Gasteiger partial charge in [-0.2, -0.15) is 20.1 Å². The highest BCUT2D eigenvalue weighted by molar-refractivity contribution is 5.35. The maximum absolute atomic E-state index is 5.69. The number of nitrogens with zero attached hydrogens (tertiary/aromatic N) is 7. The van der Waals surface area contributed by atoms with E-state index in [1.165, 1.54) is 0 Å². The van der Waals surface area contributed by atoms with E-state index in [9.17, 15) is 0 Å². The Hall–Kier alpha value is -2.97. The molecule has 0 aliphatic rings. The predicted molar refractivity (Wildman–Crippen MR) is 71.9 cm³/mol. The number of hydrogen-bond acceptors (Lipinski definition) is 7. The van der Waals surface area contributed by atoms with E-state index < -0.39 is 0 Å². The van der Waals surface area contributed by atoms with Crippen LogP contribution in [-0.2, 0) is 13.6 Å². The van der Waals surface area contributed by atoms with Crippen molar-refractivity contribution in [1.82, 2.24) is 34.3 Å². The molecule has 3 heterocycles. The van der Waals surface area contributed by atoms with E-state index in [4.69, 9.17) is 5.73 Å². The lowest BCUT2D eigenvalue weighted by Crippen LogP contribution is -2.10. The van der Waals surface area contributed by atoms with Gasteiger partial charge in [-0.05, 0) is 0 Å². The Labute approximate surface area is 114 Å². The summed E-state index contributed by atoms with van der Waals surface area (Å²) >= 11 is 0. The number of anilines is 2. The molecule has 102 valence electrons. The summed E-state index contributed by atoms with van der Waals surface area (Å²) in [5.41, 5.74) is 6.71. The second kappa shape index (κ2) is 4.96. The van der Waals surface area contributed by atoms with Crippen molar-refractivity contribution in [2.24, 2.45) is 7.05 Å². The van der Waals surface area contributed by atoms with Gasteiger partial charge >= 0.3 is 0 Å². The molecule has 3 N–H and O–H groups in total. The van der Waals surface area contributed by atoms with E-state index in [-0.39, 0.29) is 5.95 Å². The van der Waals surface area contributed by atoms with Crippen molar-refractivity contribution < 1.29 is 0 Å². The molecule has 0 radical (unpaired) electrons. The molecule has 0 saturated carbocycles. The molecule has 9 nitrogen and oxygen atoms in total. The summed E-state index contributed by atoms with van der Waals surface area (Å²) < 4.78 is 3.39. The number of imidazole rings is 1. The van der Waals surface area contributed by atoms with Gasteiger partial charge in [-0.3, -0.25) is 9.25 Å². The Bertz CT molecular complexity index is 701. The number of nitrogens with one attached hydrogen (secondary N) is 1. The average Bonchev–Trinajstić information content (AvgIpc) is 3.07. The van der Waals surface area contributed by atoms with Crippen LogP contribution in [0.2, 0.25) is 0 Å². The summed E-state index contributed by atoms with van der Waals surface area (Å²) in [6, 6.07) is 0. The van der Waals surface area contributed by atoms with Crippen LogP contribution in [-0.4, -0.2) is 34.3 Å². The van der Waals surface area contributed by atoms with Crippen molar-refractivity contribution in [3.63, 3.8) is 0 Å². The molecule has 3 aromatic rings. The molecular weight excluding hydrogens is 258 g/mol. The quantitative estimate of drug-likeness (QED) is 0.686. The second-order valence-corrected chi connectivity index (χ2v) is 4.16. The van der Waals surface area contributed by atoms with Gasteiger partial charge in [-0.15, -0.1) is 0 Å². The van der Waals surface area contributed by atoms with E-state index >= 15 is 0 Å². The van der Waals surface area contributed by atoms with Crippen LogP contribution in [0.4, 0.5) is 11.9 Å². The zero-order valence-electron chi connectivity index (χ0n) is 10.8. The van der Waals surface area contributed by atoms with Crippen LogP contribution in [0.25, 0.3) is 5.95 Å². The van der Waals surface area contributed by atoms with Crippen LogP contribution < -0.4 is 11.1 Å². The lowest BCUT2D eigenvalue weighted by Gasteiger charge is -2.06. The summed E-state index contributed by atoms with van der Waals surface area (Å²) in [7, 11) is 1.86. The standard InChI is InChI=1S/C11H13N9/c1-19-6-8(5-15-19)4-14-10-16-9(12)17-11(18-10)20-3-2-13-7-20/h2-3,5-7H,4H2,1H3,(H3,12,14,16,17,18).